The first-order valence-electron chi connectivity index (χ1n) is 6.33. The van der Waals surface area contributed by atoms with Gasteiger partial charge < -0.3 is 5.11 Å². The summed E-state index contributed by atoms with van der Waals surface area (Å²) in [5.74, 6) is 0. The summed E-state index contributed by atoms with van der Waals surface area (Å²) in [5, 5.41) is 10.7. The molecule has 1 atom stereocenters. The van der Waals surface area contributed by atoms with Gasteiger partial charge in [0.05, 0.1) is 0 Å². The van der Waals surface area contributed by atoms with Gasteiger partial charge in [-0.05, 0) is 29.5 Å². The third-order valence-electron chi connectivity index (χ3n) is 3.68. The predicted octanol–water partition coefficient (Wildman–Crippen LogP) is 3.75. The fraction of sp³-hybridized carbons (Fsp3) is 0.176. The minimum absolute atomic E-state index is 0.753. The second kappa shape index (κ2) is 4.43. The zero-order valence-corrected chi connectivity index (χ0v) is 10.2. The van der Waals surface area contributed by atoms with Crippen molar-refractivity contribution in [3.8, 4) is 0 Å². The average molecular weight is 236 g/mol. The summed E-state index contributed by atoms with van der Waals surface area (Å²) in [6.07, 6.45) is 3.90. The highest BCUT2D eigenvalue weighted by atomic mass is 16.3. The second-order valence-electron chi connectivity index (χ2n) is 4.81. The van der Waals surface area contributed by atoms with Crippen molar-refractivity contribution in [1.29, 1.82) is 0 Å². The van der Waals surface area contributed by atoms with Crippen LogP contribution >= 0.6 is 0 Å². The lowest BCUT2D eigenvalue weighted by molar-refractivity contribution is 0.0243. The van der Waals surface area contributed by atoms with E-state index >= 15 is 0 Å². The zero-order chi connectivity index (χ0) is 12.4. The molecule has 1 unspecified atom stereocenters. The summed E-state index contributed by atoms with van der Waals surface area (Å²) < 4.78 is 0. The first-order chi connectivity index (χ1) is 8.79. The minimum atomic E-state index is -0.753. The molecule has 2 aromatic carbocycles. The molecule has 0 spiro atoms. The number of hydrogen-bond donors (Lipinski definition) is 1. The van der Waals surface area contributed by atoms with Crippen LogP contribution in [0.25, 0.3) is 6.08 Å². The number of aliphatic hydroxyl groups is 1. The average Bonchev–Trinajstić information content (AvgIpc) is 2.45. The molecule has 2 aromatic rings. The Morgan fingerprint density at radius 2 is 1.50 bits per heavy atom. The van der Waals surface area contributed by atoms with Crippen LogP contribution in [0.15, 0.2) is 66.2 Å². The summed E-state index contributed by atoms with van der Waals surface area (Å²) in [7, 11) is 0. The normalized spacial score (nSPS) is 24.8. The van der Waals surface area contributed by atoms with Crippen LogP contribution in [0.5, 0.6) is 0 Å². The van der Waals surface area contributed by atoms with Gasteiger partial charge in [-0.2, -0.15) is 0 Å². The standard InChI is InChI=1S/C17H16O/c18-17(15-9-5-2-6-10-15)12-11-16(17)13-14-7-3-1-4-8-14/h1-10,13,18H,11-12H2/b16-13+. The maximum Gasteiger partial charge on any atom is 0.111 e. The molecule has 0 aliphatic heterocycles. The zero-order valence-electron chi connectivity index (χ0n) is 10.2. The number of rotatable bonds is 2. The van der Waals surface area contributed by atoms with Crippen LogP contribution in [0.2, 0.25) is 0 Å². The van der Waals surface area contributed by atoms with Crippen LogP contribution in [-0.2, 0) is 5.60 Å². The quantitative estimate of drug-likeness (QED) is 0.842. The molecule has 3 rings (SSSR count). The van der Waals surface area contributed by atoms with E-state index in [2.05, 4.69) is 18.2 Å². The number of hydrogen-bond acceptors (Lipinski definition) is 1. The summed E-state index contributed by atoms with van der Waals surface area (Å²) in [6, 6.07) is 20.1. The van der Waals surface area contributed by atoms with Crippen LogP contribution in [-0.4, -0.2) is 5.11 Å². The molecular formula is C17H16O. The van der Waals surface area contributed by atoms with E-state index in [9.17, 15) is 5.11 Å². The smallest absolute Gasteiger partial charge is 0.111 e. The van der Waals surface area contributed by atoms with Gasteiger partial charge in [0.25, 0.3) is 0 Å². The Morgan fingerprint density at radius 3 is 2.06 bits per heavy atom. The lowest BCUT2D eigenvalue weighted by Gasteiger charge is -2.40. The number of benzene rings is 2. The SMILES string of the molecule is OC1(c2ccccc2)CC/C1=C\c1ccccc1. The largest absolute Gasteiger partial charge is 0.381 e. The fourth-order valence-corrected chi connectivity index (χ4v) is 2.49. The molecule has 1 nitrogen and oxygen atoms in total. The van der Waals surface area contributed by atoms with E-state index in [1.165, 1.54) is 0 Å². The van der Waals surface area contributed by atoms with E-state index < -0.39 is 5.60 Å². The topological polar surface area (TPSA) is 20.2 Å². The molecule has 0 radical (unpaired) electrons. The Hall–Kier alpha value is -1.86. The van der Waals surface area contributed by atoms with Crippen molar-refractivity contribution in [2.45, 2.75) is 18.4 Å². The van der Waals surface area contributed by atoms with E-state index in [0.717, 1.165) is 29.5 Å². The van der Waals surface area contributed by atoms with Gasteiger partial charge in [-0.15, -0.1) is 0 Å². The Labute approximate surface area is 107 Å². The molecule has 0 saturated heterocycles. The summed E-state index contributed by atoms with van der Waals surface area (Å²) >= 11 is 0. The molecule has 1 aliphatic carbocycles. The van der Waals surface area contributed by atoms with E-state index in [-0.39, 0.29) is 0 Å². The van der Waals surface area contributed by atoms with Crippen molar-refractivity contribution in [1.82, 2.24) is 0 Å². The minimum Gasteiger partial charge on any atom is -0.381 e. The molecule has 1 N–H and O–H groups in total. The molecule has 1 aliphatic rings. The van der Waals surface area contributed by atoms with Gasteiger partial charge in [0.15, 0.2) is 0 Å². The molecule has 90 valence electrons. The highest BCUT2D eigenvalue weighted by Crippen LogP contribution is 2.46. The van der Waals surface area contributed by atoms with Gasteiger partial charge in [0.1, 0.15) is 5.60 Å². The second-order valence-corrected chi connectivity index (χ2v) is 4.81. The van der Waals surface area contributed by atoms with Crippen molar-refractivity contribution < 1.29 is 5.11 Å². The van der Waals surface area contributed by atoms with Gasteiger partial charge in [-0.1, -0.05) is 66.7 Å². The van der Waals surface area contributed by atoms with Crippen molar-refractivity contribution in [3.05, 3.63) is 77.4 Å². The van der Waals surface area contributed by atoms with Crippen molar-refractivity contribution >= 4 is 6.08 Å². The Balaban J connectivity index is 1.94. The molecule has 18 heavy (non-hydrogen) atoms. The lowest BCUT2D eigenvalue weighted by Crippen LogP contribution is -2.36. The van der Waals surface area contributed by atoms with Gasteiger partial charge in [-0.3, -0.25) is 0 Å². The maximum absolute atomic E-state index is 10.7. The highest BCUT2D eigenvalue weighted by Gasteiger charge is 2.41. The first kappa shape index (κ1) is 11.2. The summed E-state index contributed by atoms with van der Waals surface area (Å²) in [5.41, 5.74) is 2.51. The van der Waals surface area contributed by atoms with Crippen molar-refractivity contribution in [2.75, 3.05) is 0 Å². The van der Waals surface area contributed by atoms with Crippen LogP contribution < -0.4 is 0 Å². The van der Waals surface area contributed by atoms with Crippen LogP contribution in [0, 0.1) is 0 Å². The summed E-state index contributed by atoms with van der Waals surface area (Å²) in [4.78, 5) is 0. The Morgan fingerprint density at radius 1 is 0.889 bits per heavy atom. The van der Waals surface area contributed by atoms with Gasteiger partial charge in [0.2, 0.25) is 0 Å². The van der Waals surface area contributed by atoms with Crippen LogP contribution in [0.4, 0.5) is 0 Å². The maximum atomic E-state index is 10.7. The highest BCUT2D eigenvalue weighted by molar-refractivity contribution is 5.59. The molecule has 1 saturated carbocycles. The molecular weight excluding hydrogens is 220 g/mol. The van der Waals surface area contributed by atoms with Gasteiger partial charge in [-0.25, -0.2) is 0 Å². The molecule has 0 aromatic heterocycles. The first-order valence-corrected chi connectivity index (χ1v) is 6.33. The Bertz CT molecular complexity index is 557. The summed E-state index contributed by atoms with van der Waals surface area (Å²) in [6.45, 7) is 0. The van der Waals surface area contributed by atoms with Crippen LogP contribution in [0.1, 0.15) is 24.0 Å². The van der Waals surface area contributed by atoms with Crippen molar-refractivity contribution in [3.63, 3.8) is 0 Å². The van der Waals surface area contributed by atoms with Gasteiger partial charge >= 0.3 is 0 Å². The van der Waals surface area contributed by atoms with E-state index in [1.54, 1.807) is 0 Å². The molecule has 0 amide bonds. The fourth-order valence-electron chi connectivity index (χ4n) is 2.49. The predicted molar refractivity (Wildman–Crippen MR) is 74.0 cm³/mol. The van der Waals surface area contributed by atoms with E-state index in [1.807, 2.05) is 48.5 Å². The van der Waals surface area contributed by atoms with Crippen molar-refractivity contribution in [2.24, 2.45) is 0 Å². The third kappa shape index (κ3) is 1.87. The van der Waals surface area contributed by atoms with E-state index in [4.69, 9.17) is 0 Å². The van der Waals surface area contributed by atoms with Crippen LogP contribution in [0.3, 0.4) is 0 Å². The molecule has 1 fully saturated rings. The monoisotopic (exact) mass is 236 g/mol. The van der Waals surface area contributed by atoms with E-state index in [0.29, 0.717) is 0 Å². The Kier molecular flexibility index (Phi) is 2.77. The lowest BCUT2D eigenvalue weighted by atomic mass is 9.70. The molecule has 0 bridgehead atoms. The third-order valence-corrected chi connectivity index (χ3v) is 3.68. The molecule has 0 heterocycles. The molecule has 1 heteroatoms. The van der Waals surface area contributed by atoms with Gasteiger partial charge in [0, 0.05) is 0 Å².